The molecule has 0 aliphatic carbocycles. The van der Waals surface area contributed by atoms with Crippen LogP contribution in [0.15, 0.2) is 82.9 Å². The molecule has 2 rings (SSSR count). The van der Waals surface area contributed by atoms with Crippen LogP contribution in [-0.4, -0.2) is 24.2 Å². The second kappa shape index (κ2) is 9.48. The summed E-state index contributed by atoms with van der Waals surface area (Å²) >= 11 is 0. The molecule has 2 N–H and O–H groups in total. The normalized spacial score (nSPS) is 12.4. The summed E-state index contributed by atoms with van der Waals surface area (Å²) in [6.45, 7) is 14.2. The van der Waals surface area contributed by atoms with Crippen LogP contribution in [0.4, 0.5) is 11.5 Å². The smallest absolute Gasteiger partial charge is 0.137 e. The Kier molecular flexibility index (Phi) is 7.06. The maximum absolute atomic E-state index is 4.71. The number of amidine groups is 1. The molecule has 0 bridgehead atoms. The van der Waals surface area contributed by atoms with Gasteiger partial charge in [-0.3, -0.25) is 4.99 Å². The average Bonchev–Trinajstić information content (AvgIpc) is 2.66. The lowest BCUT2D eigenvalue weighted by atomic mass is 9.92. The van der Waals surface area contributed by atoms with E-state index in [0.717, 1.165) is 22.8 Å². The highest BCUT2D eigenvalue weighted by atomic mass is 15.1. The Bertz CT molecular complexity index is 829. The van der Waals surface area contributed by atoms with E-state index >= 15 is 0 Å². The number of aromatic nitrogens is 1. The van der Waals surface area contributed by atoms with Crippen molar-refractivity contribution in [2.75, 3.05) is 17.3 Å². The molecule has 5 nitrogen and oxygen atoms in total. The van der Waals surface area contributed by atoms with Crippen LogP contribution in [-0.2, 0) is 5.41 Å². The van der Waals surface area contributed by atoms with E-state index < -0.39 is 0 Å². The topological polar surface area (TPSA) is 61.7 Å². The van der Waals surface area contributed by atoms with Crippen LogP contribution in [0.3, 0.4) is 0 Å². The van der Waals surface area contributed by atoms with Crippen LogP contribution in [0.5, 0.6) is 0 Å². The summed E-state index contributed by atoms with van der Waals surface area (Å²) in [5.74, 6) is 1.34. The number of aliphatic imine (C=N–C) groups is 2. The molecule has 1 aromatic heterocycles. The van der Waals surface area contributed by atoms with Gasteiger partial charge in [-0.15, -0.1) is 0 Å². The van der Waals surface area contributed by atoms with Gasteiger partial charge < -0.3 is 10.6 Å². The Morgan fingerprint density at radius 1 is 1.11 bits per heavy atom. The lowest BCUT2D eigenvalue weighted by Crippen LogP contribution is -2.19. The van der Waals surface area contributed by atoms with Crippen molar-refractivity contribution in [1.29, 1.82) is 0 Å². The molecular formula is C22H27N5. The summed E-state index contributed by atoms with van der Waals surface area (Å²) in [6, 6.07) is 15.8. The molecule has 0 saturated heterocycles. The highest BCUT2D eigenvalue weighted by molar-refractivity contribution is 6.09. The van der Waals surface area contributed by atoms with Crippen LogP contribution >= 0.6 is 0 Å². The van der Waals surface area contributed by atoms with E-state index in [2.05, 4.69) is 54.7 Å². The third-order valence-electron chi connectivity index (χ3n) is 3.78. The van der Waals surface area contributed by atoms with E-state index in [1.807, 2.05) is 48.5 Å². The van der Waals surface area contributed by atoms with Crippen molar-refractivity contribution in [3.05, 3.63) is 78.7 Å². The second-order valence-corrected chi connectivity index (χ2v) is 6.96. The highest BCUT2D eigenvalue weighted by Gasteiger charge is 2.16. The maximum Gasteiger partial charge on any atom is 0.137 e. The van der Waals surface area contributed by atoms with E-state index in [9.17, 15) is 0 Å². The van der Waals surface area contributed by atoms with Crippen molar-refractivity contribution in [3.63, 3.8) is 0 Å². The standard InChI is InChI=1S/C22H27N5/c1-6-17(15-23-5)21(25-16-24-18-11-8-7-9-12-18)27-20-14-10-13-19(26-20)22(2,3)4/h6-15,24H,1,5,16H2,2-4H3,(H,25,26,27)/b17-15-. The largest absolute Gasteiger partial charge is 0.366 e. The zero-order valence-electron chi connectivity index (χ0n) is 16.2. The number of nitrogens with one attached hydrogen (secondary N) is 2. The predicted molar refractivity (Wildman–Crippen MR) is 117 cm³/mol. The number of hydrogen-bond acceptors (Lipinski definition) is 4. The first kappa shape index (κ1) is 20.1. The molecular weight excluding hydrogens is 334 g/mol. The van der Waals surface area contributed by atoms with Crippen LogP contribution < -0.4 is 10.6 Å². The molecule has 0 amide bonds. The highest BCUT2D eigenvalue weighted by Crippen LogP contribution is 2.21. The Hall–Kier alpha value is -3.21. The summed E-state index contributed by atoms with van der Waals surface area (Å²) < 4.78 is 0. The summed E-state index contributed by atoms with van der Waals surface area (Å²) in [6.07, 6.45) is 3.31. The van der Waals surface area contributed by atoms with Crippen LogP contribution in [0.25, 0.3) is 0 Å². The molecule has 0 unspecified atom stereocenters. The average molecular weight is 361 g/mol. The summed E-state index contributed by atoms with van der Waals surface area (Å²) in [5, 5.41) is 6.55. The Morgan fingerprint density at radius 3 is 2.48 bits per heavy atom. The molecule has 140 valence electrons. The lowest BCUT2D eigenvalue weighted by molar-refractivity contribution is 0.570. The van der Waals surface area contributed by atoms with Crippen molar-refractivity contribution < 1.29 is 0 Å². The number of pyridine rings is 1. The summed E-state index contributed by atoms with van der Waals surface area (Å²) in [5.41, 5.74) is 2.70. The van der Waals surface area contributed by atoms with Crippen LogP contribution in [0.2, 0.25) is 0 Å². The van der Waals surface area contributed by atoms with Crippen LogP contribution in [0, 0.1) is 0 Å². The van der Waals surface area contributed by atoms with Gasteiger partial charge in [-0.2, -0.15) is 0 Å². The van der Waals surface area contributed by atoms with Crippen molar-refractivity contribution in [1.82, 2.24) is 4.98 Å². The molecule has 27 heavy (non-hydrogen) atoms. The fourth-order valence-electron chi connectivity index (χ4n) is 2.32. The molecule has 0 spiro atoms. The van der Waals surface area contributed by atoms with Gasteiger partial charge >= 0.3 is 0 Å². The second-order valence-electron chi connectivity index (χ2n) is 6.96. The van der Waals surface area contributed by atoms with Crippen LogP contribution in [0.1, 0.15) is 26.5 Å². The molecule has 2 aromatic rings. The SMILES string of the molecule is C=CC(=C/N=C)/C(=N\CNc1ccccc1)Nc1cccc(C(C)(C)C)n1. The number of nitrogens with zero attached hydrogens (tertiary/aromatic N) is 3. The molecule has 0 saturated carbocycles. The van der Waals surface area contributed by atoms with Gasteiger partial charge in [0.05, 0.1) is 0 Å². The third-order valence-corrected chi connectivity index (χ3v) is 3.78. The van der Waals surface area contributed by atoms with Gasteiger partial charge in [0.2, 0.25) is 0 Å². The number of benzene rings is 1. The minimum absolute atomic E-state index is 0.0381. The number of rotatable bonds is 7. The molecule has 1 aromatic carbocycles. The number of anilines is 2. The van der Waals surface area contributed by atoms with Crippen molar-refractivity contribution in [3.8, 4) is 0 Å². The van der Waals surface area contributed by atoms with E-state index in [1.165, 1.54) is 0 Å². The van der Waals surface area contributed by atoms with Gasteiger partial charge in [-0.05, 0) is 31.0 Å². The molecule has 0 radical (unpaired) electrons. The number of hydrogen-bond donors (Lipinski definition) is 2. The van der Waals surface area contributed by atoms with E-state index in [-0.39, 0.29) is 5.41 Å². The zero-order chi connectivity index (χ0) is 19.7. The molecule has 1 heterocycles. The van der Waals surface area contributed by atoms with Crippen molar-refractivity contribution >= 4 is 24.1 Å². The summed E-state index contributed by atoms with van der Waals surface area (Å²) in [4.78, 5) is 13.2. The molecule has 0 aliphatic heterocycles. The zero-order valence-corrected chi connectivity index (χ0v) is 16.2. The van der Waals surface area contributed by atoms with Gasteiger partial charge in [0, 0.05) is 28.6 Å². The fraction of sp³-hybridized carbons (Fsp3) is 0.227. The molecule has 0 fully saturated rings. The quantitative estimate of drug-likeness (QED) is 0.413. The monoisotopic (exact) mass is 361 g/mol. The van der Waals surface area contributed by atoms with E-state index in [1.54, 1.807) is 12.3 Å². The van der Waals surface area contributed by atoms with Gasteiger partial charge in [0.1, 0.15) is 18.3 Å². The minimum atomic E-state index is -0.0381. The first-order chi connectivity index (χ1) is 12.9. The number of para-hydroxylation sites is 1. The Morgan fingerprint density at radius 2 is 1.85 bits per heavy atom. The third kappa shape index (κ3) is 6.22. The minimum Gasteiger partial charge on any atom is -0.366 e. The summed E-state index contributed by atoms with van der Waals surface area (Å²) in [7, 11) is 0. The molecule has 0 aliphatic rings. The Balaban J connectivity index is 2.25. The fourth-order valence-corrected chi connectivity index (χ4v) is 2.32. The van der Waals surface area contributed by atoms with Crippen molar-refractivity contribution in [2.45, 2.75) is 26.2 Å². The lowest BCUT2D eigenvalue weighted by Gasteiger charge is -2.19. The Labute approximate surface area is 161 Å². The predicted octanol–water partition coefficient (Wildman–Crippen LogP) is 5.03. The molecule has 5 heteroatoms. The first-order valence-corrected chi connectivity index (χ1v) is 8.81. The maximum atomic E-state index is 4.71. The first-order valence-electron chi connectivity index (χ1n) is 8.81. The van der Waals surface area contributed by atoms with Gasteiger partial charge in [-0.1, -0.05) is 57.7 Å². The van der Waals surface area contributed by atoms with Gasteiger partial charge in [0.25, 0.3) is 0 Å². The van der Waals surface area contributed by atoms with Gasteiger partial charge in [-0.25, -0.2) is 9.98 Å². The van der Waals surface area contributed by atoms with Gasteiger partial charge in [0.15, 0.2) is 0 Å². The van der Waals surface area contributed by atoms with E-state index in [0.29, 0.717) is 12.5 Å². The molecule has 0 atom stereocenters. The van der Waals surface area contributed by atoms with E-state index in [4.69, 9.17) is 4.98 Å². The van der Waals surface area contributed by atoms with Crippen molar-refractivity contribution in [2.24, 2.45) is 9.98 Å².